The minimum absolute atomic E-state index is 0.0240. The van der Waals surface area contributed by atoms with Crippen molar-refractivity contribution >= 4 is 33.4 Å². The maximum Gasteiger partial charge on any atom is 0.241 e. The Bertz CT molecular complexity index is 895. The molecule has 2 aromatic heterocycles. The van der Waals surface area contributed by atoms with Crippen LogP contribution in [-0.4, -0.2) is 49.4 Å². The number of carbonyl (C=O) groups is 1. The number of nitrogens with zero attached hydrogens (tertiary/aromatic N) is 3. The summed E-state index contributed by atoms with van der Waals surface area (Å²) in [5.74, 6) is 2.03. The Morgan fingerprint density at radius 2 is 2.04 bits per heavy atom. The second-order valence-electron chi connectivity index (χ2n) is 5.82. The number of aromatic nitrogens is 1. The molecule has 8 heteroatoms. The van der Waals surface area contributed by atoms with Gasteiger partial charge in [0.1, 0.15) is 5.76 Å². The molecular formula is C18H21N5O2S. The predicted molar refractivity (Wildman–Crippen MR) is 104 cm³/mol. The van der Waals surface area contributed by atoms with Crippen LogP contribution in [0.1, 0.15) is 5.76 Å². The molecule has 26 heavy (non-hydrogen) atoms. The number of furan rings is 1. The van der Waals surface area contributed by atoms with Gasteiger partial charge in [-0.3, -0.25) is 9.79 Å². The number of hydrogen-bond donors (Lipinski definition) is 2. The summed E-state index contributed by atoms with van der Waals surface area (Å²) in [6.07, 6.45) is 0. The Morgan fingerprint density at radius 1 is 1.23 bits per heavy atom. The second-order valence-corrected chi connectivity index (χ2v) is 6.85. The number of aliphatic imine (C=N–C) groups is 1. The molecule has 0 unspecified atom stereocenters. The monoisotopic (exact) mass is 371 g/mol. The molecule has 0 aliphatic heterocycles. The number of carbonyl (C=O) groups excluding carboxylic acids is 1. The molecule has 0 radical (unpaired) electrons. The van der Waals surface area contributed by atoms with Crippen molar-refractivity contribution in [2.24, 2.45) is 4.99 Å². The first kappa shape index (κ1) is 17.9. The molecule has 2 N–H and O–H groups in total. The quantitative estimate of drug-likeness (QED) is 0.531. The Kier molecular flexibility index (Phi) is 5.52. The molecule has 0 fully saturated rings. The smallest absolute Gasteiger partial charge is 0.241 e. The van der Waals surface area contributed by atoms with Crippen LogP contribution in [0.2, 0.25) is 0 Å². The molecule has 0 saturated heterocycles. The molecule has 3 aromatic rings. The van der Waals surface area contributed by atoms with Gasteiger partial charge in [0, 0.05) is 21.1 Å². The first-order chi connectivity index (χ1) is 12.6. The van der Waals surface area contributed by atoms with Crippen molar-refractivity contribution in [2.75, 3.05) is 27.7 Å². The number of amides is 1. The van der Waals surface area contributed by atoms with Crippen molar-refractivity contribution in [2.45, 2.75) is 6.54 Å². The second kappa shape index (κ2) is 8.01. The molecule has 3 rings (SSSR count). The van der Waals surface area contributed by atoms with E-state index >= 15 is 0 Å². The predicted octanol–water partition coefficient (Wildman–Crippen LogP) is 2.31. The third-order valence-electron chi connectivity index (χ3n) is 3.73. The highest BCUT2D eigenvalue weighted by atomic mass is 32.1. The zero-order valence-corrected chi connectivity index (χ0v) is 15.8. The molecule has 2 heterocycles. The molecule has 7 nitrogen and oxygen atoms in total. The SMILES string of the molecule is CN=C(NCC(=O)N(C)C)NCc1ccc(-c2nc3ccccc3s2)o1. The van der Waals surface area contributed by atoms with Crippen molar-refractivity contribution < 1.29 is 9.21 Å². The van der Waals surface area contributed by atoms with Crippen LogP contribution < -0.4 is 10.6 Å². The summed E-state index contributed by atoms with van der Waals surface area (Å²) in [5, 5.41) is 6.96. The van der Waals surface area contributed by atoms with Gasteiger partial charge in [0.2, 0.25) is 5.91 Å². The van der Waals surface area contributed by atoms with Gasteiger partial charge in [-0.15, -0.1) is 11.3 Å². The van der Waals surface area contributed by atoms with E-state index in [1.807, 2.05) is 36.4 Å². The van der Waals surface area contributed by atoms with Crippen LogP contribution in [0.3, 0.4) is 0 Å². The fourth-order valence-electron chi connectivity index (χ4n) is 2.27. The standard InChI is InChI=1S/C18H21N5O2S/c1-19-18(21-11-16(24)23(2)3)20-10-12-8-9-14(25-12)17-22-13-6-4-5-7-15(13)26-17/h4-9H,10-11H2,1-3H3,(H2,19,20,21). The van der Waals surface area contributed by atoms with Gasteiger partial charge in [-0.2, -0.15) is 0 Å². The van der Waals surface area contributed by atoms with E-state index in [1.54, 1.807) is 32.5 Å². The van der Waals surface area contributed by atoms with Crippen molar-refractivity contribution in [3.05, 3.63) is 42.2 Å². The number of rotatable bonds is 5. The number of hydrogen-bond acceptors (Lipinski definition) is 5. The molecule has 0 atom stereocenters. The van der Waals surface area contributed by atoms with E-state index in [1.165, 1.54) is 4.90 Å². The van der Waals surface area contributed by atoms with E-state index in [9.17, 15) is 4.79 Å². The molecular weight excluding hydrogens is 350 g/mol. The maximum absolute atomic E-state index is 11.6. The van der Waals surface area contributed by atoms with Crippen LogP contribution in [0, 0.1) is 0 Å². The highest BCUT2D eigenvalue weighted by Gasteiger charge is 2.11. The fourth-order valence-corrected chi connectivity index (χ4v) is 3.20. The molecule has 0 saturated carbocycles. The summed E-state index contributed by atoms with van der Waals surface area (Å²) in [5.41, 5.74) is 0.971. The molecule has 1 aromatic carbocycles. The molecule has 0 spiro atoms. The zero-order chi connectivity index (χ0) is 18.5. The van der Waals surface area contributed by atoms with Crippen LogP contribution in [-0.2, 0) is 11.3 Å². The van der Waals surface area contributed by atoms with Crippen LogP contribution in [0.25, 0.3) is 21.0 Å². The van der Waals surface area contributed by atoms with Crippen molar-refractivity contribution in [3.8, 4) is 10.8 Å². The lowest BCUT2D eigenvalue weighted by molar-refractivity contribution is -0.127. The van der Waals surface area contributed by atoms with Gasteiger partial charge >= 0.3 is 0 Å². The molecule has 0 aliphatic carbocycles. The van der Waals surface area contributed by atoms with Gasteiger partial charge < -0.3 is 20.0 Å². The average molecular weight is 371 g/mol. The zero-order valence-electron chi connectivity index (χ0n) is 14.9. The van der Waals surface area contributed by atoms with Gasteiger partial charge in [0.15, 0.2) is 16.7 Å². The normalized spacial score (nSPS) is 11.6. The van der Waals surface area contributed by atoms with E-state index in [0.29, 0.717) is 12.5 Å². The third-order valence-corrected chi connectivity index (χ3v) is 4.78. The van der Waals surface area contributed by atoms with Crippen molar-refractivity contribution in [1.82, 2.24) is 20.5 Å². The molecule has 0 aliphatic rings. The number of benzene rings is 1. The number of para-hydroxylation sites is 1. The van der Waals surface area contributed by atoms with E-state index in [0.717, 1.165) is 26.7 Å². The van der Waals surface area contributed by atoms with Gasteiger partial charge in [-0.1, -0.05) is 12.1 Å². The Balaban J connectivity index is 1.60. The number of thiazole rings is 1. The van der Waals surface area contributed by atoms with E-state index in [4.69, 9.17) is 4.42 Å². The summed E-state index contributed by atoms with van der Waals surface area (Å²) in [6, 6.07) is 11.8. The summed E-state index contributed by atoms with van der Waals surface area (Å²) in [6.45, 7) is 0.641. The van der Waals surface area contributed by atoms with Crippen LogP contribution in [0.15, 0.2) is 45.8 Å². The number of fused-ring (bicyclic) bond motifs is 1. The summed E-state index contributed by atoms with van der Waals surface area (Å²) in [7, 11) is 5.09. The highest BCUT2D eigenvalue weighted by Crippen LogP contribution is 2.30. The Morgan fingerprint density at radius 3 is 2.77 bits per heavy atom. The first-order valence-corrected chi connectivity index (χ1v) is 8.98. The number of nitrogens with one attached hydrogen (secondary N) is 2. The summed E-state index contributed by atoms with van der Waals surface area (Å²) >= 11 is 1.60. The third kappa shape index (κ3) is 4.20. The summed E-state index contributed by atoms with van der Waals surface area (Å²) in [4.78, 5) is 21.9. The number of likely N-dealkylation sites (N-methyl/N-ethyl adjacent to an activating group) is 1. The van der Waals surface area contributed by atoms with Gasteiger partial charge in [-0.05, 0) is 24.3 Å². The molecule has 136 valence electrons. The lowest BCUT2D eigenvalue weighted by Crippen LogP contribution is -2.42. The first-order valence-electron chi connectivity index (χ1n) is 8.16. The molecule has 0 bridgehead atoms. The lowest BCUT2D eigenvalue weighted by Gasteiger charge is -2.13. The van der Waals surface area contributed by atoms with Crippen LogP contribution >= 0.6 is 11.3 Å². The highest BCUT2D eigenvalue weighted by molar-refractivity contribution is 7.21. The summed E-state index contributed by atoms with van der Waals surface area (Å²) < 4.78 is 7.02. The molecule has 1 amide bonds. The minimum Gasteiger partial charge on any atom is -0.457 e. The van der Waals surface area contributed by atoms with E-state index < -0.39 is 0 Å². The van der Waals surface area contributed by atoms with E-state index in [2.05, 4.69) is 20.6 Å². The van der Waals surface area contributed by atoms with Crippen molar-refractivity contribution in [3.63, 3.8) is 0 Å². The van der Waals surface area contributed by atoms with Crippen molar-refractivity contribution in [1.29, 1.82) is 0 Å². The largest absolute Gasteiger partial charge is 0.457 e. The maximum atomic E-state index is 11.6. The van der Waals surface area contributed by atoms with Crippen LogP contribution in [0.4, 0.5) is 0 Å². The number of guanidine groups is 1. The fraction of sp³-hybridized carbons (Fsp3) is 0.278. The Labute approximate surface area is 155 Å². The lowest BCUT2D eigenvalue weighted by atomic mass is 10.3. The topological polar surface area (TPSA) is 82.8 Å². The van der Waals surface area contributed by atoms with E-state index in [-0.39, 0.29) is 12.5 Å². The van der Waals surface area contributed by atoms with Crippen LogP contribution in [0.5, 0.6) is 0 Å². The minimum atomic E-state index is -0.0240. The Hall–Kier alpha value is -2.87. The van der Waals surface area contributed by atoms with Gasteiger partial charge in [0.25, 0.3) is 0 Å². The average Bonchev–Trinajstić information content (AvgIpc) is 3.27. The van der Waals surface area contributed by atoms with Gasteiger partial charge in [0.05, 0.1) is 23.3 Å². The van der Waals surface area contributed by atoms with Gasteiger partial charge in [-0.25, -0.2) is 4.98 Å².